The molecule has 3 N–H and O–H groups in total. The highest BCUT2D eigenvalue weighted by atomic mass is 35.5. The van der Waals surface area contributed by atoms with E-state index in [9.17, 15) is 9.90 Å². The fourth-order valence-corrected chi connectivity index (χ4v) is 2.18. The van der Waals surface area contributed by atoms with E-state index in [4.69, 9.17) is 16.3 Å². The van der Waals surface area contributed by atoms with E-state index in [0.717, 1.165) is 0 Å². The largest absolute Gasteiger partial charge is 0.497 e. The van der Waals surface area contributed by atoms with Crippen LogP contribution < -0.4 is 15.4 Å². The molecule has 0 aliphatic heterocycles. The minimum atomic E-state index is -0.871. The molecule has 0 aliphatic carbocycles. The Labute approximate surface area is 133 Å². The summed E-state index contributed by atoms with van der Waals surface area (Å²) in [6.45, 7) is 0.0551. The van der Waals surface area contributed by atoms with Gasteiger partial charge in [-0.1, -0.05) is 35.9 Å². The molecule has 1 unspecified atom stereocenters. The molecule has 0 heterocycles. The summed E-state index contributed by atoms with van der Waals surface area (Å²) in [6.07, 6.45) is -0.871. The van der Waals surface area contributed by atoms with Gasteiger partial charge in [0.25, 0.3) is 0 Å². The van der Waals surface area contributed by atoms with Crippen LogP contribution in [0.4, 0.5) is 10.5 Å². The van der Waals surface area contributed by atoms with Crippen molar-refractivity contribution in [1.29, 1.82) is 0 Å². The van der Waals surface area contributed by atoms with Crippen LogP contribution in [0.3, 0.4) is 0 Å². The van der Waals surface area contributed by atoms with Crippen LogP contribution >= 0.6 is 11.6 Å². The maximum absolute atomic E-state index is 11.8. The predicted molar refractivity (Wildman–Crippen MR) is 86.4 cm³/mol. The molecule has 0 saturated heterocycles. The van der Waals surface area contributed by atoms with Gasteiger partial charge in [-0.15, -0.1) is 0 Å². The number of nitrogens with one attached hydrogen (secondary N) is 2. The first-order chi connectivity index (χ1) is 10.6. The first kappa shape index (κ1) is 16.1. The average molecular weight is 321 g/mol. The first-order valence-corrected chi connectivity index (χ1v) is 7.09. The van der Waals surface area contributed by atoms with E-state index in [0.29, 0.717) is 22.0 Å². The Morgan fingerprint density at radius 3 is 2.77 bits per heavy atom. The van der Waals surface area contributed by atoms with Crippen molar-refractivity contribution in [1.82, 2.24) is 5.32 Å². The lowest BCUT2D eigenvalue weighted by Crippen LogP contribution is -2.32. The van der Waals surface area contributed by atoms with E-state index < -0.39 is 12.1 Å². The van der Waals surface area contributed by atoms with Gasteiger partial charge in [0.1, 0.15) is 5.75 Å². The lowest BCUT2D eigenvalue weighted by molar-refractivity contribution is 0.175. The highest BCUT2D eigenvalue weighted by molar-refractivity contribution is 6.31. The standard InChI is InChI=1S/C16H17ClN2O3/c1-22-12-6-4-5-11(9-12)19-16(21)18-10-15(20)13-7-2-3-8-14(13)17/h2-9,15,20H,10H2,1H3,(H2,18,19,21). The molecule has 0 spiro atoms. The quantitative estimate of drug-likeness (QED) is 0.792. The van der Waals surface area contributed by atoms with Crippen LogP contribution in [0.25, 0.3) is 0 Å². The highest BCUT2D eigenvalue weighted by Gasteiger charge is 2.12. The zero-order valence-corrected chi connectivity index (χ0v) is 12.8. The molecule has 0 saturated carbocycles. The number of carbonyl (C=O) groups excluding carboxylic acids is 1. The third-order valence-electron chi connectivity index (χ3n) is 3.05. The topological polar surface area (TPSA) is 70.6 Å². The van der Waals surface area contributed by atoms with Gasteiger partial charge >= 0.3 is 6.03 Å². The van der Waals surface area contributed by atoms with Crippen LogP contribution in [0.15, 0.2) is 48.5 Å². The van der Waals surface area contributed by atoms with Gasteiger partial charge in [-0.2, -0.15) is 0 Å². The zero-order chi connectivity index (χ0) is 15.9. The van der Waals surface area contributed by atoms with Crippen molar-refractivity contribution >= 4 is 23.3 Å². The summed E-state index contributed by atoms with van der Waals surface area (Å²) in [5.74, 6) is 0.647. The molecule has 6 heteroatoms. The van der Waals surface area contributed by atoms with Crippen LogP contribution in [-0.4, -0.2) is 24.8 Å². The second-order valence-electron chi connectivity index (χ2n) is 4.60. The highest BCUT2D eigenvalue weighted by Crippen LogP contribution is 2.22. The fraction of sp³-hybridized carbons (Fsp3) is 0.188. The van der Waals surface area contributed by atoms with Crippen molar-refractivity contribution in [3.63, 3.8) is 0 Å². The summed E-state index contributed by atoms with van der Waals surface area (Å²) in [5.41, 5.74) is 1.18. The van der Waals surface area contributed by atoms with Gasteiger partial charge < -0.3 is 20.5 Å². The van der Waals surface area contributed by atoms with Gasteiger partial charge in [-0.3, -0.25) is 0 Å². The fourth-order valence-electron chi connectivity index (χ4n) is 1.92. The summed E-state index contributed by atoms with van der Waals surface area (Å²) in [7, 11) is 1.55. The normalized spacial score (nSPS) is 11.6. The molecular formula is C16H17ClN2O3. The number of hydrogen-bond acceptors (Lipinski definition) is 3. The number of anilines is 1. The maximum atomic E-state index is 11.8. The van der Waals surface area contributed by atoms with E-state index in [-0.39, 0.29) is 6.54 Å². The molecule has 0 radical (unpaired) electrons. The third-order valence-corrected chi connectivity index (χ3v) is 3.39. The molecule has 22 heavy (non-hydrogen) atoms. The Morgan fingerprint density at radius 2 is 2.05 bits per heavy atom. The molecule has 2 aromatic carbocycles. The van der Waals surface area contributed by atoms with E-state index in [1.54, 1.807) is 55.6 Å². The predicted octanol–water partition coefficient (Wildman–Crippen LogP) is 3.20. The number of rotatable bonds is 5. The molecule has 0 aromatic heterocycles. The van der Waals surface area contributed by atoms with Gasteiger partial charge in [-0.05, 0) is 18.2 Å². The molecular weight excluding hydrogens is 304 g/mol. The number of benzene rings is 2. The number of carbonyl (C=O) groups is 1. The van der Waals surface area contributed by atoms with E-state index in [1.807, 2.05) is 0 Å². The molecule has 0 bridgehead atoms. The minimum Gasteiger partial charge on any atom is -0.497 e. The Morgan fingerprint density at radius 1 is 1.27 bits per heavy atom. The van der Waals surface area contributed by atoms with Crippen molar-refractivity contribution in [2.75, 3.05) is 19.0 Å². The van der Waals surface area contributed by atoms with Crippen molar-refractivity contribution in [3.8, 4) is 5.75 Å². The minimum absolute atomic E-state index is 0.0551. The third kappa shape index (κ3) is 4.38. The Bertz CT molecular complexity index is 649. The number of urea groups is 1. The van der Waals surface area contributed by atoms with Gasteiger partial charge in [0.05, 0.1) is 13.2 Å². The Kier molecular flexibility index (Phi) is 5.63. The summed E-state index contributed by atoms with van der Waals surface area (Å²) in [6, 6.07) is 13.5. The number of ether oxygens (including phenoxy) is 1. The number of amides is 2. The van der Waals surface area contributed by atoms with Crippen molar-refractivity contribution in [2.45, 2.75) is 6.10 Å². The SMILES string of the molecule is COc1cccc(NC(=O)NCC(O)c2ccccc2Cl)c1. The molecule has 0 fully saturated rings. The molecule has 1 atom stereocenters. The van der Waals surface area contributed by atoms with Gasteiger partial charge in [0.2, 0.25) is 0 Å². The van der Waals surface area contributed by atoms with E-state index in [1.165, 1.54) is 0 Å². The lowest BCUT2D eigenvalue weighted by Gasteiger charge is -2.14. The molecule has 2 aromatic rings. The second kappa shape index (κ2) is 7.68. The van der Waals surface area contributed by atoms with E-state index >= 15 is 0 Å². The zero-order valence-electron chi connectivity index (χ0n) is 12.0. The van der Waals surface area contributed by atoms with Gasteiger partial charge in [0.15, 0.2) is 0 Å². The summed E-state index contributed by atoms with van der Waals surface area (Å²) in [4.78, 5) is 11.8. The maximum Gasteiger partial charge on any atom is 0.319 e. The van der Waals surface area contributed by atoms with Crippen molar-refractivity contribution in [2.24, 2.45) is 0 Å². The monoisotopic (exact) mass is 320 g/mol. The smallest absolute Gasteiger partial charge is 0.319 e. The second-order valence-corrected chi connectivity index (χ2v) is 5.01. The number of aliphatic hydroxyl groups excluding tert-OH is 1. The number of hydrogen-bond donors (Lipinski definition) is 3. The van der Waals surface area contributed by atoms with Crippen LogP contribution in [0, 0.1) is 0 Å². The van der Waals surface area contributed by atoms with Crippen LogP contribution in [0.5, 0.6) is 5.75 Å². The summed E-state index contributed by atoms with van der Waals surface area (Å²) in [5, 5.41) is 15.8. The molecule has 5 nitrogen and oxygen atoms in total. The first-order valence-electron chi connectivity index (χ1n) is 6.71. The van der Waals surface area contributed by atoms with Crippen LogP contribution in [0.1, 0.15) is 11.7 Å². The number of methoxy groups -OCH3 is 1. The molecule has 0 aliphatic rings. The van der Waals surface area contributed by atoms with Gasteiger partial charge in [-0.25, -0.2) is 4.79 Å². The molecule has 116 valence electrons. The Hall–Kier alpha value is -2.24. The molecule has 2 amide bonds. The number of halogens is 1. The number of aliphatic hydroxyl groups is 1. The summed E-state index contributed by atoms with van der Waals surface area (Å²) < 4.78 is 5.08. The van der Waals surface area contributed by atoms with Crippen LogP contribution in [0.2, 0.25) is 5.02 Å². The van der Waals surface area contributed by atoms with E-state index in [2.05, 4.69) is 10.6 Å². The molecule has 2 rings (SSSR count). The Balaban J connectivity index is 1.88. The van der Waals surface area contributed by atoms with Crippen molar-refractivity contribution < 1.29 is 14.6 Å². The average Bonchev–Trinajstić information content (AvgIpc) is 2.53. The van der Waals surface area contributed by atoms with Gasteiger partial charge in [0, 0.05) is 28.9 Å². The summed E-state index contributed by atoms with van der Waals surface area (Å²) >= 11 is 6.00. The van der Waals surface area contributed by atoms with Crippen LogP contribution in [-0.2, 0) is 0 Å². The lowest BCUT2D eigenvalue weighted by atomic mass is 10.1. The van der Waals surface area contributed by atoms with Crippen molar-refractivity contribution in [3.05, 3.63) is 59.1 Å².